The van der Waals surface area contributed by atoms with Crippen molar-refractivity contribution in [2.45, 2.75) is 23.9 Å². The monoisotopic (exact) mass is 557 g/mol. The maximum Gasteiger partial charge on any atom is 0.243 e. The van der Waals surface area contributed by atoms with Crippen LogP contribution in [-0.4, -0.2) is 32.4 Å². The Kier molecular flexibility index (Phi) is 6.68. The van der Waals surface area contributed by atoms with E-state index in [0.29, 0.717) is 37.8 Å². The normalized spacial score (nSPS) is 18.0. The quantitative estimate of drug-likeness (QED) is 0.424. The third kappa shape index (κ3) is 4.85. The average molecular weight is 560 g/mol. The Hall–Kier alpha value is -0.780. The van der Waals surface area contributed by atoms with Crippen LogP contribution in [0.1, 0.15) is 12.0 Å². The number of hydrogen-bond donors (Lipinski definition) is 2. The number of nitrogens with two attached hydrogens (primary N) is 1. The minimum Gasteiger partial charge on any atom is -0.398 e. The molecule has 0 bridgehead atoms. The number of sulfonamides is 1. The van der Waals surface area contributed by atoms with Crippen LogP contribution in [0, 0.1) is 11.6 Å². The smallest absolute Gasteiger partial charge is 0.243 e. The third-order valence-corrected chi connectivity index (χ3v) is 7.37. The molecule has 5 nitrogen and oxygen atoms in total. The maximum atomic E-state index is 13.9. The molecule has 0 unspecified atom stereocenters. The fourth-order valence-electron chi connectivity index (χ4n) is 3.08. The molecule has 3 rings (SSSR count). The molecule has 2 aromatic carbocycles. The number of nitrogens with one attached hydrogen (secondary N) is 1. The van der Waals surface area contributed by atoms with Gasteiger partial charge in [-0.1, -0.05) is 27.5 Å². The van der Waals surface area contributed by atoms with Crippen molar-refractivity contribution >= 4 is 59.2 Å². The van der Waals surface area contributed by atoms with Gasteiger partial charge in [-0.15, -0.1) is 0 Å². The first-order chi connectivity index (χ1) is 13.1. The second kappa shape index (κ2) is 8.53. The zero-order valence-electron chi connectivity index (χ0n) is 14.4. The van der Waals surface area contributed by atoms with Crippen molar-refractivity contribution in [1.29, 1.82) is 0 Å². The molecule has 11 heteroatoms. The van der Waals surface area contributed by atoms with E-state index in [2.05, 4.69) is 36.6 Å². The molecule has 1 atom stereocenters. The number of hydrogen-bond acceptors (Lipinski definition) is 4. The minimum absolute atomic E-state index is 0.412. The van der Waals surface area contributed by atoms with E-state index in [1.165, 1.54) is 0 Å². The van der Waals surface area contributed by atoms with Crippen LogP contribution in [0.5, 0.6) is 0 Å². The van der Waals surface area contributed by atoms with Crippen LogP contribution < -0.4 is 10.5 Å². The summed E-state index contributed by atoms with van der Waals surface area (Å²) in [5.41, 5.74) is 7.62. The highest BCUT2D eigenvalue weighted by Crippen LogP contribution is 2.30. The van der Waals surface area contributed by atoms with E-state index in [-0.39, 0.29) is 0 Å². The van der Waals surface area contributed by atoms with Crippen molar-refractivity contribution in [3.63, 3.8) is 0 Å². The predicted octanol–water partition coefficient (Wildman–Crippen LogP) is 4.28. The topological polar surface area (TPSA) is 75.4 Å². The highest BCUT2D eigenvalue weighted by atomic mass is 79.9. The number of nitrogens with zero attached hydrogens (tertiary/aromatic N) is 1. The molecule has 0 amide bonds. The van der Waals surface area contributed by atoms with Gasteiger partial charge >= 0.3 is 0 Å². The highest BCUT2D eigenvalue weighted by Gasteiger charge is 2.30. The van der Waals surface area contributed by atoms with Crippen molar-refractivity contribution in [3.05, 3.63) is 55.4 Å². The highest BCUT2D eigenvalue weighted by molar-refractivity contribution is 9.11. The number of nitrogen functional groups attached to an aromatic ring is 1. The average Bonchev–Trinajstić information content (AvgIpc) is 3.01. The molecule has 2 aromatic rings. The van der Waals surface area contributed by atoms with E-state index in [0.717, 1.165) is 20.6 Å². The lowest BCUT2D eigenvalue weighted by Crippen LogP contribution is -2.37. The van der Waals surface area contributed by atoms with Crippen molar-refractivity contribution < 1.29 is 17.2 Å². The molecule has 1 fully saturated rings. The standard InChI is InChI=1S/C17H16Br2ClF2N3O2S/c18-10-3-9(17(23)12(19)4-10)7-25-2-1-11(8-25)24-28(26,27)16-5-13(20)14(21)6-15(16)22/h3-6,11,24H,1-2,7-8,23H2/t11-/m1/s1. The molecular formula is C17H16Br2ClF2N3O2S. The van der Waals surface area contributed by atoms with E-state index < -0.39 is 37.6 Å². The number of likely N-dealkylation sites (tertiary alicyclic amines) is 1. The second-order valence-corrected chi connectivity index (χ2v) is 10.4. The minimum atomic E-state index is -4.17. The summed E-state index contributed by atoms with van der Waals surface area (Å²) in [6.07, 6.45) is 0.546. The lowest BCUT2D eigenvalue weighted by atomic mass is 10.2. The molecular weight excluding hydrogens is 544 g/mol. The summed E-state index contributed by atoms with van der Waals surface area (Å²) >= 11 is 12.4. The Morgan fingerprint density at radius 2 is 1.93 bits per heavy atom. The summed E-state index contributed by atoms with van der Waals surface area (Å²) in [5.74, 6) is -2.20. The molecule has 1 aliphatic heterocycles. The van der Waals surface area contributed by atoms with Crippen LogP contribution in [0.15, 0.2) is 38.1 Å². The Morgan fingerprint density at radius 3 is 2.64 bits per heavy atom. The largest absolute Gasteiger partial charge is 0.398 e. The van der Waals surface area contributed by atoms with Crippen LogP contribution >= 0.6 is 43.5 Å². The van der Waals surface area contributed by atoms with E-state index in [1.807, 2.05) is 17.0 Å². The van der Waals surface area contributed by atoms with Crippen molar-refractivity contribution in [2.75, 3.05) is 18.8 Å². The summed E-state index contributed by atoms with van der Waals surface area (Å²) in [6, 6.07) is 4.59. The first kappa shape index (κ1) is 21.9. The van der Waals surface area contributed by atoms with Crippen molar-refractivity contribution in [3.8, 4) is 0 Å². The van der Waals surface area contributed by atoms with Gasteiger partial charge in [0.15, 0.2) is 0 Å². The molecule has 0 aliphatic carbocycles. The molecule has 0 saturated carbocycles. The molecule has 1 heterocycles. The zero-order valence-corrected chi connectivity index (χ0v) is 19.1. The summed E-state index contributed by atoms with van der Waals surface area (Å²) in [6.45, 7) is 1.61. The Bertz CT molecular complexity index is 1020. The van der Waals surface area contributed by atoms with Crippen LogP contribution in [-0.2, 0) is 16.6 Å². The Morgan fingerprint density at radius 1 is 1.21 bits per heavy atom. The SMILES string of the molecule is Nc1c(Br)cc(Br)cc1CN1CC[C@@H](NS(=O)(=O)c2cc(Cl)c(F)cc2F)C1. The third-order valence-electron chi connectivity index (χ3n) is 4.43. The van der Waals surface area contributed by atoms with Gasteiger partial charge in [0.2, 0.25) is 10.0 Å². The van der Waals surface area contributed by atoms with Crippen LogP contribution in [0.25, 0.3) is 0 Å². The molecule has 0 radical (unpaired) electrons. The van der Waals surface area contributed by atoms with Gasteiger partial charge < -0.3 is 5.73 Å². The van der Waals surface area contributed by atoms with E-state index in [1.54, 1.807) is 0 Å². The first-order valence-corrected chi connectivity index (χ1v) is 11.6. The van der Waals surface area contributed by atoms with Gasteiger partial charge in [0.05, 0.1) is 10.7 Å². The fraction of sp³-hybridized carbons (Fsp3) is 0.294. The lowest BCUT2D eigenvalue weighted by Gasteiger charge is -2.19. The first-order valence-electron chi connectivity index (χ1n) is 8.19. The maximum absolute atomic E-state index is 13.9. The summed E-state index contributed by atoms with van der Waals surface area (Å²) in [4.78, 5) is 1.38. The predicted molar refractivity (Wildman–Crippen MR) is 112 cm³/mol. The molecule has 1 saturated heterocycles. The fourth-order valence-corrected chi connectivity index (χ4v) is 5.96. The summed E-state index contributed by atoms with van der Waals surface area (Å²) in [7, 11) is -4.17. The Labute approximate surface area is 183 Å². The molecule has 1 aliphatic rings. The van der Waals surface area contributed by atoms with Gasteiger partial charge in [0.1, 0.15) is 16.5 Å². The van der Waals surface area contributed by atoms with Crippen molar-refractivity contribution in [1.82, 2.24) is 9.62 Å². The molecule has 0 spiro atoms. The van der Waals surface area contributed by atoms with Gasteiger partial charge in [0, 0.05) is 40.7 Å². The van der Waals surface area contributed by atoms with Crippen LogP contribution in [0.3, 0.4) is 0 Å². The number of benzene rings is 2. The van der Waals surface area contributed by atoms with E-state index >= 15 is 0 Å². The van der Waals surface area contributed by atoms with Gasteiger partial charge in [0.25, 0.3) is 0 Å². The van der Waals surface area contributed by atoms with Gasteiger partial charge in [-0.2, -0.15) is 0 Å². The molecule has 3 N–H and O–H groups in total. The number of anilines is 1. The van der Waals surface area contributed by atoms with Crippen LogP contribution in [0.2, 0.25) is 5.02 Å². The van der Waals surface area contributed by atoms with Gasteiger partial charge in [-0.05, 0) is 46.1 Å². The van der Waals surface area contributed by atoms with E-state index in [9.17, 15) is 17.2 Å². The summed E-state index contributed by atoms with van der Waals surface area (Å²) in [5, 5.41) is -0.453. The molecule has 28 heavy (non-hydrogen) atoms. The zero-order chi connectivity index (χ0) is 20.6. The number of rotatable bonds is 5. The lowest BCUT2D eigenvalue weighted by molar-refractivity contribution is 0.325. The molecule has 0 aromatic heterocycles. The van der Waals surface area contributed by atoms with Crippen molar-refractivity contribution in [2.24, 2.45) is 0 Å². The van der Waals surface area contributed by atoms with Crippen LogP contribution in [0.4, 0.5) is 14.5 Å². The second-order valence-electron chi connectivity index (χ2n) is 6.50. The molecule has 152 valence electrons. The van der Waals surface area contributed by atoms with E-state index in [4.69, 9.17) is 17.3 Å². The Balaban J connectivity index is 1.70. The van der Waals surface area contributed by atoms with Gasteiger partial charge in [-0.25, -0.2) is 21.9 Å². The number of halogens is 5. The van der Waals surface area contributed by atoms with Gasteiger partial charge in [-0.3, -0.25) is 4.90 Å². The summed E-state index contributed by atoms with van der Waals surface area (Å²) < 4.78 is 56.3.